The molecule has 4 rings (SSSR count). The van der Waals surface area contributed by atoms with E-state index < -0.39 is 0 Å². The smallest absolute Gasteiger partial charge is 0.268 e. The van der Waals surface area contributed by atoms with Crippen molar-refractivity contribution in [2.24, 2.45) is 0 Å². The molecule has 0 aliphatic carbocycles. The van der Waals surface area contributed by atoms with E-state index in [1.807, 2.05) is 42.5 Å². The number of carbonyl (C=O) groups is 2. The molecule has 0 fully saturated rings. The van der Waals surface area contributed by atoms with Gasteiger partial charge in [-0.15, -0.1) is 11.3 Å². The number of anilines is 2. The van der Waals surface area contributed by atoms with Crippen LogP contribution in [0.25, 0.3) is 5.69 Å². The van der Waals surface area contributed by atoms with Crippen molar-refractivity contribution in [2.75, 3.05) is 17.3 Å². The molecule has 0 unspecified atom stereocenters. The average molecular weight is 403 g/mol. The molecule has 1 N–H and O–H groups in total. The molecule has 0 saturated heterocycles. The van der Waals surface area contributed by atoms with Crippen LogP contribution in [0.15, 0.2) is 79.4 Å². The molecule has 0 saturated carbocycles. The quantitative estimate of drug-likeness (QED) is 0.549. The number of hydrogen-bond donors (Lipinski definition) is 1. The van der Waals surface area contributed by atoms with E-state index >= 15 is 0 Å². The Labute approximate surface area is 171 Å². The Morgan fingerprint density at radius 2 is 1.69 bits per heavy atom. The lowest BCUT2D eigenvalue weighted by Gasteiger charge is -2.15. The molecule has 0 bridgehead atoms. The minimum Gasteiger partial charge on any atom is -0.321 e. The van der Waals surface area contributed by atoms with Crippen molar-refractivity contribution in [2.45, 2.75) is 0 Å². The molecule has 29 heavy (non-hydrogen) atoms. The number of thiophene rings is 1. The highest BCUT2D eigenvalue weighted by Crippen LogP contribution is 2.22. The van der Waals surface area contributed by atoms with Crippen LogP contribution in [-0.2, 0) is 0 Å². The lowest BCUT2D eigenvalue weighted by atomic mass is 10.2. The molecule has 2 aromatic carbocycles. The minimum atomic E-state index is -0.259. The van der Waals surface area contributed by atoms with E-state index in [1.165, 1.54) is 17.7 Å². The minimum absolute atomic E-state index is 0.155. The second-order valence-corrected chi connectivity index (χ2v) is 7.29. The van der Waals surface area contributed by atoms with E-state index in [1.54, 1.807) is 47.2 Å². The standard InChI is InChI=1S/C21H17N5O2S/c1-25(16-5-3-2-4-6-16)21(28)19-12-11-18(29-19)20(27)24-15-7-9-17(10-8-15)26-14-22-13-23-26/h2-14H,1H3,(H,24,27). The monoisotopic (exact) mass is 403 g/mol. The van der Waals surface area contributed by atoms with E-state index in [0.717, 1.165) is 11.4 Å². The third-order valence-corrected chi connectivity index (χ3v) is 5.37. The van der Waals surface area contributed by atoms with Crippen LogP contribution >= 0.6 is 11.3 Å². The van der Waals surface area contributed by atoms with Gasteiger partial charge in [0.15, 0.2) is 0 Å². The zero-order valence-electron chi connectivity index (χ0n) is 15.5. The number of rotatable bonds is 5. The van der Waals surface area contributed by atoms with Gasteiger partial charge in [-0.3, -0.25) is 9.59 Å². The van der Waals surface area contributed by atoms with Crippen LogP contribution in [0.3, 0.4) is 0 Å². The fourth-order valence-corrected chi connectivity index (χ4v) is 3.62. The predicted octanol–water partition coefficient (Wildman–Crippen LogP) is 3.86. The van der Waals surface area contributed by atoms with Gasteiger partial charge in [-0.2, -0.15) is 5.10 Å². The van der Waals surface area contributed by atoms with Crippen molar-refractivity contribution < 1.29 is 9.59 Å². The second kappa shape index (κ2) is 8.07. The molecule has 2 amide bonds. The highest BCUT2D eigenvalue weighted by Gasteiger charge is 2.18. The Kier molecular flexibility index (Phi) is 5.17. The SMILES string of the molecule is CN(C(=O)c1ccc(C(=O)Nc2ccc(-n3cncn3)cc2)s1)c1ccccc1. The number of hydrogen-bond acceptors (Lipinski definition) is 5. The van der Waals surface area contributed by atoms with E-state index in [2.05, 4.69) is 15.4 Å². The topological polar surface area (TPSA) is 80.1 Å². The molecule has 8 heteroatoms. The highest BCUT2D eigenvalue weighted by molar-refractivity contribution is 7.16. The summed E-state index contributed by atoms with van der Waals surface area (Å²) in [5.74, 6) is -0.414. The summed E-state index contributed by atoms with van der Waals surface area (Å²) in [5.41, 5.74) is 2.29. The molecular formula is C21H17N5O2S. The molecule has 2 heterocycles. The lowest BCUT2D eigenvalue weighted by molar-refractivity contribution is 0.0995. The van der Waals surface area contributed by atoms with Crippen LogP contribution in [0.4, 0.5) is 11.4 Å². The molecule has 0 aliphatic rings. The first kappa shape index (κ1) is 18.6. The summed E-state index contributed by atoms with van der Waals surface area (Å²) in [7, 11) is 1.72. The second-order valence-electron chi connectivity index (χ2n) is 6.20. The van der Waals surface area contributed by atoms with E-state index in [9.17, 15) is 9.59 Å². The van der Waals surface area contributed by atoms with Crippen molar-refractivity contribution in [1.29, 1.82) is 0 Å². The maximum Gasteiger partial charge on any atom is 0.268 e. The largest absolute Gasteiger partial charge is 0.321 e. The van der Waals surface area contributed by atoms with E-state index in [-0.39, 0.29) is 11.8 Å². The molecule has 144 valence electrons. The van der Waals surface area contributed by atoms with Crippen molar-refractivity contribution in [1.82, 2.24) is 14.8 Å². The third-order valence-electron chi connectivity index (χ3n) is 4.30. The summed E-state index contributed by atoms with van der Waals surface area (Å²) >= 11 is 1.17. The summed E-state index contributed by atoms with van der Waals surface area (Å²) in [6.45, 7) is 0. The average Bonchev–Trinajstić information content (AvgIpc) is 3.46. The molecule has 7 nitrogen and oxygen atoms in total. The number of nitrogens with one attached hydrogen (secondary N) is 1. The first-order valence-corrected chi connectivity index (χ1v) is 9.63. The Morgan fingerprint density at radius 1 is 0.966 bits per heavy atom. The van der Waals surface area contributed by atoms with Gasteiger partial charge >= 0.3 is 0 Å². The van der Waals surface area contributed by atoms with Crippen LogP contribution in [0.1, 0.15) is 19.3 Å². The van der Waals surface area contributed by atoms with Gasteiger partial charge in [-0.25, -0.2) is 9.67 Å². The number of amides is 2. The lowest BCUT2D eigenvalue weighted by Crippen LogP contribution is -2.25. The van der Waals surface area contributed by atoms with Gasteiger partial charge < -0.3 is 10.2 Å². The predicted molar refractivity (Wildman–Crippen MR) is 113 cm³/mol. The molecule has 0 aliphatic heterocycles. The molecule has 0 radical (unpaired) electrons. The van der Waals surface area contributed by atoms with Crippen LogP contribution in [-0.4, -0.2) is 33.6 Å². The first-order valence-electron chi connectivity index (χ1n) is 8.81. The number of benzene rings is 2. The van der Waals surface area contributed by atoms with E-state index in [4.69, 9.17) is 0 Å². The molecule has 0 atom stereocenters. The summed E-state index contributed by atoms with van der Waals surface area (Å²) in [6, 6.07) is 20.0. The molecule has 0 spiro atoms. The van der Waals surface area contributed by atoms with Gasteiger partial charge in [-0.05, 0) is 48.5 Å². The van der Waals surface area contributed by atoms with Gasteiger partial charge in [0.25, 0.3) is 11.8 Å². The van der Waals surface area contributed by atoms with E-state index in [0.29, 0.717) is 15.4 Å². The maximum absolute atomic E-state index is 12.7. The van der Waals surface area contributed by atoms with Crippen molar-refractivity contribution in [3.05, 3.63) is 89.1 Å². The van der Waals surface area contributed by atoms with Crippen molar-refractivity contribution in [3.8, 4) is 5.69 Å². The molecule has 4 aromatic rings. The first-order chi connectivity index (χ1) is 14.1. The summed E-state index contributed by atoms with van der Waals surface area (Å²) in [5, 5.41) is 6.91. The zero-order valence-corrected chi connectivity index (χ0v) is 16.3. The van der Waals surface area contributed by atoms with Crippen molar-refractivity contribution >= 4 is 34.5 Å². The Balaban J connectivity index is 1.44. The van der Waals surface area contributed by atoms with Gasteiger partial charge in [0.05, 0.1) is 15.4 Å². The molecular weight excluding hydrogens is 386 g/mol. The molecule has 2 aromatic heterocycles. The third kappa shape index (κ3) is 4.07. The Morgan fingerprint density at radius 3 is 2.38 bits per heavy atom. The van der Waals surface area contributed by atoms with Gasteiger partial charge in [0.1, 0.15) is 12.7 Å². The van der Waals surface area contributed by atoms with Crippen LogP contribution < -0.4 is 10.2 Å². The number of nitrogens with zero attached hydrogens (tertiary/aromatic N) is 4. The van der Waals surface area contributed by atoms with Crippen LogP contribution in [0.5, 0.6) is 0 Å². The summed E-state index contributed by atoms with van der Waals surface area (Å²) < 4.78 is 1.63. The Hall–Kier alpha value is -3.78. The van der Waals surface area contributed by atoms with Crippen LogP contribution in [0.2, 0.25) is 0 Å². The van der Waals surface area contributed by atoms with Crippen molar-refractivity contribution in [3.63, 3.8) is 0 Å². The normalized spacial score (nSPS) is 10.5. The maximum atomic E-state index is 12.7. The number of carbonyl (C=O) groups excluding carboxylic acids is 2. The Bertz CT molecular complexity index is 1120. The summed E-state index contributed by atoms with van der Waals surface area (Å²) in [6.07, 6.45) is 3.06. The van der Waals surface area contributed by atoms with Crippen LogP contribution in [0, 0.1) is 0 Å². The fraction of sp³-hybridized carbons (Fsp3) is 0.0476. The zero-order chi connectivity index (χ0) is 20.2. The summed E-state index contributed by atoms with van der Waals surface area (Å²) in [4.78, 5) is 31.7. The number of aromatic nitrogens is 3. The fourth-order valence-electron chi connectivity index (χ4n) is 2.74. The highest BCUT2D eigenvalue weighted by atomic mass is 32.1. The van der Waals surface area contributed by atoms with Gasteiger partial charge in [0, 0.05) is 18.4 Å². The van der Waals surface area contributed by atoms with Gasteiger partial charge in [0.2, 0.25) is 0 Å². The number of para-hydroxylation sites is 1. The van der Waals surface area contributed by atoms with Gasteiger partial charge in [-0.1, -0.05) is 18.2 Å².